The summed E-state index contributed by atoms with van der Waals surface area (Å²) < 4.78 is 15.3. The lowest BCUT2D eigenvalue weighted by molar-refractivity contribution is -0.422. The Kier molecular flexibility index (Phi) is 1.66. The van der Waals surface area contributed by atoms with Crippen LogP contribution in [0.4, 0.5) is 0 Å². The molecule has 0 saturated carbocycles. The van der Waals surface area contributed by atoms with Gasteiger partial charge in [-0.15, -0.1) is 0 Å². The molecule has 0 radical (unpaired) electrons. The second kappa shape index (κ2) is 1.93. The summed E-state index contributed by atoms with van der Waals surface area (Å²) in [5, 5.41) is 18.5. The zero-order valence-electron chi connectivity index (χ0n) is 3.75. The van der Waals surface area contributed by atoms with Crippen molar-refractivity contribution in [2.75, 3.05) is 0 Å². The Balaban J connectivity index is 4.87. The van der Waals surface area contributed by atoms with Gasteiger partial charge in [0.15, 0.2) is 0 Å². The third-order valence-corrected chi connectivity index (χ3v) is 1.13. The number of rotatable bonds is 2. The topological polar surface area (TPSA) is 120 Å². The predicted octanol–water partition coefficient (Wildman–Crippen LogP) is -1.22. The molecule has 0 unspecified atom stereocenters. The van der Waals surface area contributed by atoms with E-state index in [0.717, 1.165) is 0 Å². The lowest BCUT2D eigenvalue weighted by Gasteiger charge is -1.79. The highest BCUT2D eigenvalue weighted by atomic mass is 32.2. The summed E-state index contributed by atoms with van der Waals surface area (Å²) in [5.41, 5.74) is 0. The van der Waals surface area contributed by atoms with Crippen LogP contribution in [0.25, 0.3) is 0 Å². The van der Waals surface area contributed by atoms with E-state index in [1.807, 2.05) is 0 Å². The van der Waals surface area contributed by atoms with E-state index in [0.29, 0.717) is 0 Å². The molecule has 8 nitrogen and oxygen atoms in total. The molecule has 0 aliphatic rings. The largest absolute Gasteiger partial charge is 0.721 e. The molecule has 0 aliphatic heterocycles. The van der Waals surface area contributed by atoms with Crippen LogP contribution in [0.15, 0.2) is 0 Å². The first-order valence-electron chi connectivity index (χ1n) is 1.43. The van der Waals surface area contributed by atoms with Crippen LogP contribution in [0.5, 0.6) is 0 Å². The Morgan fingerprint density at radius 2 is 1.22 bits per heavy atom. The van der Waals surface area contributed by atoms with Crippen molar-refractivity contribution >= 4 is 10.2 Å². The van der Waals surface area contributed by atoms with E-state index in [1.165, 1.54) is 0 Å². The SMILES string of the molecule is O=[N+]([O-])S(=O)(=O)[N+](=O)[O-]. The second-order valence-electron chi connectivity index (χ2n) is 0.895. The summed E-state index contributed by atoms with van der Waals surface area (Å²) in [4.78, 5) is 18.5. The van der Waals surface area contributed by atoms with E-state index < -0.39 is 18.9 Å². The van der Waals surface area contributed by atoms with Gasteiger partial charge in [0.25, 0.3) is 0 Å². The Labute approximate surface area is 48.6 Å². The van der Waals surface area contributed by atoms with Gasteiger partial charge >= 0.3 is 10.2 Å². The molecular weight excluding hydrogens is 156 g/mol. The molecule has 0 fully saturated rings. The highest BCUT2D eigenvalue weighted by Gasteiger charge is 2.38. The van der Waals surface area contributed by atoms with E-state index in [-0.39, 0.29) is 0 Å². The van der Waals surface area contributed by atoms with Gasteiger partial charge in [0, 0.05) is 0 Å². The Bertz CT molecular complexity index is 214. The van der Waals surface area contributed by atoms with E-state index in [2.05, 4.69) is 0 Å². The van der Waals surface area contributed by atoms with Crippen molar-refractivity contribution in [2.24, 2.45) is 0 Å². The van der Waals surface area contributed by atoms with Crippen LogP contribution in [-0.2, 0) is 10.2 Å². The van der Waals surface area contributed by atoms with Gasteiger partial charge in [0.2, 0.25) is 8.66 Å². The highest BCUT2D eigenvalue weighted by molar-refractivity contribution is 7.79. The zero-order chi connectivity index (χ0) is 7.65. The average molecular weight is 156 g/mol. The minimum absolute atomic E-state index is 1.97. The Morgan fingerprint density at radius 3 is 1.22 bits per heavy atom. The van der Waals surface area contributed by atoms with E-state index in [9.17, 15) is 28.6 Å². The third kappa shape index (κ3) is 1.32. The standard InChI is InChI=1S/N2O6S/c3-1(4)9(7,8)2(5)6. The molecule has 9 heteroatoms. The fourth-order valence-corrected chi connectivity index (χ4v) is 0.163. The van der Waals surface area contributed by atoms with Gasteiger partial charge < -0.3 is 0 Å². The number of nitro groups is 2. The van der Waals surface area contributed by atoms with Gasteiger partial charge in [-0.05, 0) is 0 Å². The maximum Gasteiger partial charge on any atom is 0.721 e. The maximum absolute atomic E-state index is 9.63. The van der Waals surface area contributed by atoms with Crippen LogP contribution in [0.2, 0.25) is 0 Å². The Morgan fingerprint density at radius 1 is 1.00 bits per heavy atom. The fraction of sp³-hybridized carbons (Fsp3) is 0. The smallest absolute Gasteiger partial charge is 0.242 e. The van der Waals surface area contributed by atoms with Crippen molar-refractivity contribution in [1.82, 2.24) is 0 Å². The van der Waals surface area contributed by atoms with Crippen molar-refractivity contribution in [2.45, 2.75) is 0 Å². The van der Waals surface area contributed by atoms with Gasteiger partial charge in [-0.1, -0.05) is 8.42 Å². The minimum Gasteiger partial charge on any atom is -0.242 e. The highest BCUT2D eigenvalue weighted by Crippen LogP contribution is 1.88. The molecule has 0 aromatic heterocycles. The lowest BCUT2D eigenvalue weighted by Crippen LogP contribution is -2.21. The maximum atomic E-state index is 9.63. The lowest BCUT2D eigenvalue weighted by atomic mass is 13.3. The van der Waals surface area contributed by atoms with Crippen LogP contribution < -0.4 is 0 Å². The monoisotopic (exact) mass is 156 g/mol. The van der Waals surface area contributed by atoms with Crippen LogP contribution >= 0.6 is 0 Å². The third-order valence-electron chi connectivity index (χ3n) is 0.377. The Hall–Kier alpha value is -1.25. The summed E-state index contributed by atoms with van der Waals surface area (Å²) in [6.07, 6.45) is 0. The summed E-state index contributed by atoms with van der Waals surface area (Å²) in [7, 11) is -5.37. The summed E-state index contributed by atoms with van der Waals surface area (Å²) in [6.45, 7) is 0. The van der Waals surface area contributed by atoms with E-state index >= 15 is 0 Å². The zero-order valence-corrected chi connectivity index (χ0v) is 4.57. The number of hydrogen-bond acceptors (Lipinski definition) is 6. The van der Waals surface area contributed by atoms with E-state index in [1.54, 1.807) is 0 Å². The molecule has 0 aliphatic carbocycles. The molecular formula is N2O6S. The van der Waals surface area contributed by atoms with Crippen molar-refractivity contribution in [3.8, 4) is 0 Å². The van der Waals surface area contributed by atoms with Gasteiger partial charge in [-0.3, -0.25) is 0 Å². The van der Waals surface area contributed by atoms with Crippen LogP contribution in [0, 0.1) is 20.2 Å². The molecule has 0 rings (SSSR count). The van der Waals surface area contributed by atoms with Crippen molar-refractivity contribution in [1.29, 1.82) is 0 Å². The van der Waals surface area contributed by atoms with Crippen molar-refractivity contribution in [3.63, 3.8) is 0 Å². The van der Waals surface area contributed by atoms with Crippen molar-refractivity contribution < 1.29 is 17.1 Å². The summed E-state index contributed by atoms with van der Waals surface area (Å²) >= 11 is 0. The first-order valence-corrected chi connectivity index (χ1v) is 2.83. The predicted molar refractivity (Wildman–Crippen MR) is 22.9 cm³/mol. The normalized spacial score (nSPS) is 10.7. The molecule has 52 valence electrons. The van der Waals surface area contributed by atoms with Crippen LogP contribution in [-0.4, -0.2) is 17.1 Å². The molecule has 0 N–H and O–H groups in total. The molecule has 0 amide bonds. The molecule has 9 heavy (non-hydrogen) atoms. The summed E-state index contributed by atoms with van der Waals surface area (Å²) in [5.74, 6) is 0. The molecule has 0 aromatic carbocycles. The van der Waals surface area contributed by atoms with Gasteiger partial charge in [0.1, 0.15) is 0 Å². The van der Waals surface area contributed by atoms with Crippen LogP contribution in [0.3, 0.4) is 0 Å². The number of hydrogen-bond donors (Lipinski definition) is 0. The molecule has 0 aromatic rings. The molecule has 0 spiro atoms. The molecule has 0 bridgehead atoms. The first-order chi connectivity index (χ1) is 3.89. The van der Waals surface area contributed by atoms with Gasteiger partial charge in [-0.2, -0.15) is 0 Å². The van der Waals surface area contributed by atoms with Gasteiger partial charge in [0.05, 0.1) is 0 Å². The van der Waals surface area contributed by atoms with Gasteiger partial charge in [-0.25, -0.2) is 20.2 Å². The van der Waals surface area contributed by atoms with Crippen molar-refractivity contribution in [3.05, 3.63) is 20.2 Å². The molecule has 0 atom stereocenters. The number of nitrogens with zero attached hydrogens (tertiary/aromatic N) is 2. The molecule has 0 saturated heterocycles. The first kappa shape index (κ1) is 7.75. The minimum atomic E-state index is -5.37. The second-order valence-corrected chi connectivity index (χ2v) is 2.39. The van der Waals surface area contributed by atoms with Crippen LogP contribution in [0.1, 0.15) is 0 Å². The average Bonchev–Trinajstić information content (AvgIpc) is 1.65. The summed E-state index contributed by atoms with van der Waals surface area (Å²) in [6, 6.07) is 0. The molecule has 0 heterocycles. The fourth-order valence-electron chi connectivity index (χ4n) is 0.0544. The quantitative estimate of drug-likeness (QED) is 0.365. The van der Waals surface area contributed by atoms with E-state index in [4.69, 9.17) is 0 Å².